The van der Waals surface area contributed by atoms with Crippen LogP contribution in [0.2, 0.25) is 0 Å². The highest BCUT2D eigenvalue weighted by Crippen LogP contribution is 2.22. The van der Waals surface area contributed by atoms with Gasteiger partial charge in [0.2, 0.25) is 5.91 Å². The number of nitrogens with one attached hydrogen (secondary N) is 1. The van der Waals surface area contributed by atoms with Gasteiger partial charge in [0.1, 0.15) is 12.2 Å². The first-order chi connectivity index (χ1) is 13.1. The fraction of sp³-hybridized carbons (Fsp3) is 0.450. The van der Waals surface area contributed by atoms with E-state index in [0.717, 1.165) is 36.1 Å². The van der Waals surface area contributed by atoms with Crippen molar-refractivity contribution in [3.05, 3.63) is 36.5 Å². The fourth-order valence-electron chi connectivity index (χ4n) is 3.94. The van der Waals surface area contributed by atoms with E-state index >= 15 is 0 Å². The van der Waals surface area contributed by atoms with Crippen molar-refractivity contribution in [2.24, 2.45) is 0 Å². The lowest BCUT2D eigenvalue weighted by Gasteiger charge is -2.23. The number of alkyl halides is 1. The van der Waals surface area contributed by atoms with Gasteiger partial charge >= 0.3 is 0 Å². The van der Waals surface area contributed by atoms with Crippen molar-refractivity contribution in [3.63, 3.8) is 0 Å². The zero-order valence-electron chi connectivity index (χ0n) is 15.0. The number of likely N-dealkylation sites (tertiary alicyclic amines) is 2. The number of amides is 1. The maximum atomic E-state index is 13.5. The van der Waals surface area contributed by atoms with Gasteiger partial charge < -0.3 is 10.2 Å². The first kappa shape index (κ1) is 17.7. The zero-order valence-corrected chi connectivity index (χ0v) is 15.0. The minimum atomic E-state index is -1.09. The summed E-state index contributed by atoms with van der Waals surface area (Å²) in [6.45, 7) is 1.81. The molecule has 27 heavy (non-hydrogen) atoms. The van der Waals surface area contributed by atoms with Gasteiger partial charge in [0.15, 0.2) is 0 Å². The van der Waals surface area contributed by atoms with Gasteiger partial charge in [0.25, 0.3) is 0 Å². The van der Waals surface area contributed by atoms with Crippen LogP contribution in [0.5, 0.6) is 0 Å². The molecule has 7 heteroatoms. The normalized spacial score (nSPS) is 25.6. The number of hydrogen-bond acceptors (Lipinski definition) is 5. The van der Waals surface area contributed by atoms with Crippen LogP contribution in [-0.4, -0.2) is 65.1 Å². The first-order valence-electron chi connectivity index (χ1n) is 9.29. The van der Waals surface area contributed by atoms with Crippen molar-refractivity contribution in [1.29, 1.82) is 5.26 Å². The number of aromatic nitrogens is 1. The molecule has 1 aromatic heterocycles. The van der Waals surface area contributed by atoms with Crippen molar-refractivity contribution in [2.75, 3.05) is 31.5 Å². The molecule has 1 unspecified atom stereocenters. The molecule has 0 bridgehead atoms. The Kier molecular flexibility index (Phi) is 4.90. The van der Waals surface area contributed by atoms with Crippen molar-refractivity contribution in [3.8, 4) is 6.07 Å². The van der Waals surface area contributed by atoms with Crippen LogP contribution in [0, 0.1) is 11.3 Å². The van der Waals surface area contributed by atoms with Crippen molar-refractivity contribution < 1.29 is 9.18 Å². The molecule has 1 aromatic carbocycles. The Morgan fingerprint density at radius 2 is 2.22 bits per heavy atom. The second kappa shape index (κ2) is 7.49. The highest BCUT2D eigenvalue weighted by Gasteiger charge is 2.36. The summed E-state index contributed by atoms with van der Waals surface area (Å²) in [5, 5.41) is 13.7. The number of para-hydroxylation sites is 1. The third-order valence-electron chi connectivity index (χ3n) is 5.31. The lowest BCUT2D eigenvalue weighted by atomic mass is 10.2. The quantitative estimate of drug-likeness (QED) is 0.897. The highest BCUT2D eigenvalue weighted by atomic mass is 19.1. The van der Waals surface area contributed by atoms with E-state index in [1.54, 1.807) is 0 Å². The van der Waals surface area contributed by atoms with Gasteiger partial charge in [-0.2, -0.15) is 5.26 Å². The van der Waals surface area contributed by atoms with Crippen LogP contribution in [-0.2, 0) is 4.79 Å². The maximum absolute atomic E-state index is 13.5. The van der Waals surface area contributed by atoms with Gasteiger partial charge in [-0.05, 0) is 18.6 Å². The number of hydrogen-bond donors (Lipinski definition) is 1. The Morgan fingerprint density at radius 3 is 3.07 bits per heavy atom. The van der Waals surface area contributed by atoms with E-state index in [0.29, 0.717) is 0 Å². The summed E-state index contributed by atoms with van der Waals surface area (Å²) in [7, 11) is 0. The molecular weight excluding hydrogens is 345 g/mol. The molecule has 3 atom stereocenters. The summed E-state index contributed by atoms with van der Waals surface area (Å²) in [5.41, 5.74) is 1.93. The molecule has 1 N–H and O–H groups in total. The molecule has 2 saturated heterocycles. The van der Waals surface area contributed by atoms with Gasteiger partial charge in [-0.1, -0.05) is 18.2 Å². The number of nitriles is 1. The number of fused-ring (bicyclic) bond motifs is 1. The predicted molar refractivity (Wildman–Crippen MR) is 101 cm³/mol. The summed E-state index contributed by atoms with van der Waals surface area (Å²) < 4.78 is 13.5. The molecule has 0 radical (unpaired) electrons. The predicted octanol–water partition coefficient (Wildman–Crippen LogP) is 2.18. The summed E-state index contributed by atoms with van der Waals surface area (Å²) in [4.78, 5) is 20.4. The van der Waals surface area contributed by atoms with Crippen LogP contribution >= 0.6 is 0 Å². The van der Waals surface area contributed by atoms with Crippen molar-refractivity contribution in [2.45, 2.75) is 31.1 Å². The fourth-order valence-corrected chi connectivity index (χ4v) is 3.94. The van der Waals surface area contributed by atoms with Crippen LogP contribution < -0.4 is 5.32 Å². The summed E-state index contributed by atoms with van der Waals surface area (Å²) in [6, 6.07) is 11.7. The molecule has 4 rings (SSSR count). The second-order valence-corrected chi connectivity index (χ2v) is 7.31. The Hall–Kier alpha value is -2.72. The number of anilines is 1. The molecule has 2 fully saturated rings. The Balaban J connectivity index is 1.33. The largest absolute Gasteiger partial charge is 0.380 e. The minimum Gasteiger partial charge on any atom is -0.380 e. The average Bonchev–Trinajstić information content (AvgIpc) is 3.27. The molecular formula is C20H22FN5O. The van der Waals surface area contributed by atoms with E-state index < -0.39 is 12.2 Å². The molecule has 6 nitrogen and oxygen atoms in total. The first-order valence-corrected chi connectivity index (χ1v) is 9.29. The molecule has 0 aliphatic carbocycles. The van der Waals surface area contributed by atoms with Gasteiger partial charge in [-0.3, -0.25) is 14.7 Å². The lowest BCUT2D eigenvalue weighted by molar-refractivity contribution is -0.132. The molecule has 140 valence electrons. The minimum absolute atomic E-state index is 0.0370. The smallest absolute Gasteiger partial charge is 0.237 e. The molecule has 2 aromatic rings. The standard InChI is InChI=1S/C20H22FN5O/c21-15-8-18(9-22)26(11-15)20(27)13-25-6-5-16(12-25)24-17-7-14-3-1-2-4-19(14)23-10-17/h1-4,7,10,15-16,18,24H,5-6,8,11-13H2/t15-,16-,18?/m0/s1. The summed E-state index contributed by atoms with van der Waals surface area (Å²) in [5.74, 6) is -0.158. The molecule has 1 amide bonds. The monoisotopic (exact) mass is 367 g/mol. The summed E-state index contributed by atoms with van der Waals surface area (Å²) in [6.07, 6.45) is 1.79. The van der Waals surface area contributed by atoms with Crippen LogP contribution in [0.1, 0.15) is 12.8 Å². The van der Waals surface area contributed by atoms with E-state index in [1.807, 2.05) is 36.5 Å². The van der Waals surface area contributed by atoms with Gasteiger partial charge in [-0.25, -0.2) is 4.39 Å². The number of pyridine rings is 1. The Bertz CT molecular complexity index is 882. The van der Waals surface area contributed by atoms with Crippen molar-refractivity contribution >= 4 is 22.5 Å². The van der Waals surface area contributed by atoms with E-state index in [1.165, 1.54) is 4.90 Å². The third-order valence-corrected chi connectivity index (χ3v) is 5.31. The Labute approximate surface area is 157 Å². The third kappa shape index (κ3) is 3.86. The second-order valence-electron chi connectivity index (χ2n) is 7.31. The molecule has 2 aliphatic rings. The zero-order chi connectivity index (χ0) is 18.8. The van der Waals surface area contributed by atoms with Gasteiger partial charge in [-0.15, -0.1) is 0 Å². The number of benzene rings is 1. The number of nitrogens with zero attached hydrogens (tertiary/aromatic N) is 4. The number of halogens is 1. The number of rotatable bonds is 4. The van der Waals surface area contributed by atoms with E-state index in [2.05, 4.69) is 21.3 Å². The van der Waals surface area contributed by atoms with E-state index in [9.17, 15) is 9.18 Å². The number of carbonyl (C=O) groups excluding carboxylic acids is 1. The molecule has 0 spiro atoms. The van der Waals surface area contributed by atoms with E-state index in [4.69, 9.17) is 5.26 Å². The Morgan fingerprint density at radius 1 is 1.37 bits per heavy atom. The van der Waals surface area contributed by atoms with Crippen LogP contribution in [0.15, 0.2) is 36.5 Å². The van der Waals surface area contributed by atoms with Crippen LogP contribution in [0.4, 0.5) is 10.1 Å². The highest BCUT2D eigenvalue weighted by molar-refractivity contribution is 5.81. The summed E-state index contributed by atoms with van der Waals surface area (Å²) >= 11 is 0. The lowest BCUT2D eigenvalue weighted by Crippen LogP contribution is -2.42. The van der Waals surface area contributed by atoms with Crippen molar-refractivity contribution in [1.82, 2.24) is 14.8 Å². The van der Waals surface area contributed by atoms with Crippen LogP contribution in [0.3, 0.4) is 0 Å². The number of carbonyl (C=O) groups is 1. The van der Waals surface area contributed by atoms with E-state index in [-0.39, 0.29) is 31.5 Å². The maximum Gasteiger partial charge on any atom is 0.237 e. The molecule has 2 aliphatic heterocycles. The molecule has 3 heterocycles. The average molecular weight is 367 g/mol. The topological polar surface area (TPSA) is 72.3 Å². The van der Waals surface area contributed by atoms with Gasteiger partial charge in [0.05, 0.1) is 36.6 Å². The van der Waals surface area contributed by atoms with Crippen LogP contribution in [0.25, 0.3) is 10.9 Å². The SMILES string of the molecule is N#CC1C[C@H](F)CN1C(=O)CN1CC[C@H](Nc2cnc3ccccc3c2)C1. The van der Waals surface area contributed by atoms with Gasteiger partial charge in [0, 0.05) is 30.9 Å². The molecule has 0 saturated carbocycles.